The molecule has 2 aromatic rings. The third-order valence-electron chi connectivity index (χ3n) is 10.0. The molecule has 2 N–H and O–H groups in total. The van der Waals surface area contributed by atoms with Crippen LogP contribution < -0.4 is 0 Å². The van der Waals surface area contributed by atoms with Crippen LogP contribution in [-0.2, 0) is 0 Å². The summed E-state index contributed by atoms with van der Waals surface area (Å²) in [5, 5.41) is 0. The zero-order valence-corrected chi connectivity index (χ0v) is 25.9. The average Bonchev–Trinajstić information content (AvgIpc) is 2.82. The van der Waals surface area contributed by atoms with Crippen LogP contribution in [0, 0.1) is 0 Å². The second kappa shape index (κ2) is 10.7. The van der Waals surface area contributed by atoms with Crippen LogP contribution in [0.1, 0.15) is 81.1 Å². The Kier molecular flexibility index (Phi) is 8.75. The first-order valence-electron chi connectivity index (χ1n) is 13.9. The number of rotatable bonds is 3. The molecule has 0 amide bonds. The summed E-state index contributed by atoms with van der Waals surface area (Å²) in [7, 11) is 1.19. The van der Waals surface area contributed by atoms with E-state index in [1.54, 1.807) is 0 Å². The minimum atomic E-state index is -3.11. The maximum Gasteiger partial charge on any atom is 0.277 e. The Morgan fingerprint density at radius 1 is 0.595 bits per heavy atom. The third-order valence-corrected chi connectivity index (χ3v) is 13.6. The fraction of sp³-hybridized carbons (Fsp3) is 0.625. The Hall–Kier alpha value is -1.29. The fourth-order valence-electron chi connectivity index (χ4n) is 6.82. The summed E-state index contributed by atoms with van der Waals surface area (Å²) < 4.78 is 0. The predicted octanol–water partition coefficient (Wildman–Crippen LogP) is 7.48. The zero-order chi connectivity index (χ0) is 27.9. The molecule has 2 aliphatic rings. The molecular weight excluding hydrogens is 475 g/mol. The fourth-order valence-corrected chi connectivity index (χ4v) is 10.5. The molecule has 2 aliphatic heterocycles. The zero-order valence-electron chi connectivity index (χ0n) is 25.0. The first kappa shape index (κ1) is 30.3. The van der Waals surface area contributed by atoms with Gasteiger partial charge in [-0.2, -0.15) is 0 Å². The molecule has 4 rings (SSSR count). The third kappa shape index (κ3) is 5.99. The molecule has 0 bridgehead atoms. The van der Waals surface area contributed by atoms with Crippen LogP contribution in [0.2, 0.25) is 0 Å². The van der Waals surface area contributed by atoms with Gasteiger partial charge in [0.25, 0.3) is 7.72 Å². The summed E-state index contributed by atoms with van der Waals surface area (Å²) in [4.78, 5) is 28.0. The van der Waals surface area contributed by atoms with Gasteiger partial charge in [0.1, 0.15) is 11.3 Å². The van der Waals surface area contributed by atoms with Crippen molar-refractivity contribution in [3.63, 3.8) is 0 Å². The molecule has 5 heteroatoms. The van der Waals surface area contributed by atoms with Crippen molar-refractivity contribution in [2.75, 3.05) is 14.1 Å². The molecule has 2 unspecified atom stereocenters. The molecule has 0 aromatic heterocycles. The quantitative estimate of drug-likeness (QED) is 0.406. The molecule has 2 saturated heterocycles. The Labute approximate surface area is 227 Å². The number of benzene rings is 2. The summed E-state index contributed by atoms with van der Waals surface area (Å²) in [6, 6.07) is 20.8. The minimum absolute atomic E-state index is 0.0584. The Balaban J connectivity index is 0.000000262. The summed E-state index contributed by atoms with van der Waals surface area (Å²) >= 11 is 0. The number of hydrogen-bond acceptors (Lipinski definition) is 4. The number of hydrogen-bond donors (Lipinski definition) is 2. The van der Waals surface area contributed by atoms with Crippen LogP contribution in [0.15, 0.2) is 60.7 Å². The van der Waals surface area contributed by atoms with Crippen LogP contribution in [0.5, 0.6) is 0 Å². The van der Waals surface area contributed by atoms with E-state index in [1.165, 1.54) is 11.1 Å². The average molecular weight is 528 g/mol. The van der Waals surface area contributed by atoms with Gasteiger partial charge in [-0.25, -0.2) is 9.79 Å². The summed E-state index contributed by atoms with van der Waals surface area (Å²) in [5.41, 5.74) is 2.19. The van der Waals surface area contributed by atoms with Crippen molar-refractivity contribution >= 4 is 7.72 Å². The lowest BCUT2D eigenvalue weighted by Crippen LogP contribution is -2.67. The van der Waals surface area contributed by atoms with Gasteiger partial charge < -0.3 is 0 Å². The number of nitrogens with zero attached hydrogens (tertiary/aromatic N) is 2. The van der Waals surface area contributed by atoms with E-state index in [-0.39, 0.29) is 33.5 Å². The van der Waals surface area contributed by atoms with Gasteiger partial charge in [-0.15, -0.1) is 0 Å². The van der Waals surface area contributed by atoms with Gasteiger partial charge in [-0.3, -0.25) is 9.80 Å². The van der Waals surface area contributed by atoms with Gasteiger partial charge >= 0.3 is 0 Å². The van der Waals surface area contributed by atoms with E-state index in [0.29, 0.717) is 0 Å². The molecule has 37 heavy (non-hydrogen) atoms. The Bertz CT molecular complexity index is 936. The SMILES string of the molecule is CN1C(C)(C)CCC([P+](O)(O)C2CCC(C)(C)N(C)C2(C)C)C1(C)C.c1ccc(-c2ccccc2)cc1. The lowest BCUT2D eigenvalue weighted by Gasteiger charge is -2.58. The molecule has 206 valence electrons. The molecule has 0 spiro atoms. The number of piperidine rings is 2. The van der Waals surface area contributed by atoms with E-state index in [2.05, 4.69) is 128 Å². The minimum Gasteiger partial charge on any atom is -0.292 e. The van der Waals surface area contributed by atoms with Gasteiger partial charge in [0.15, 0.2) is 0 Å². The molecule has 4 nitrogen and oxygen atoms in total. The highest BCUT2D eigenvalue weighted by atomic mass is 31.2. The van der Waals surface area contributed by atoms with Gasteiger partial charge in [0, 0.05) is 11.1 Å². The van der Waals surface area contributed by atoms with Crippen LogP contribution in [0.3, 0.4) is 0 Å². The van der Waals surface area contributed by atoms with Crippen molar-refractivity contribution in [3.8, 4) is 11.1 Å². The van der Waals surface area contributed by atoms with Gasteiger partial charge in [-0.1, -0.05) is 60.7 Å². The van der Waals surface area contributed by atoms with Gasteiger partial charge in [0.2, 0.25) is 0 Å². The molecule has 2 aromatic carbocycles. The van der Waals surface area contributed by atoms with Crippen LogP contribution in [0.4, 0.5) is 0 Å². The molecule has 2 heterocycles. The normalized spacial score (nSPS) is 27.1. The molecule has 2 fully saturated rings. The van der Waals surface area contributed by atoms with E-state index < -0.39 is 7.72 Å². The second-order valence-corrected chi connectivity index (χ2v) is 16.2. The maximum absolute atomic E-state index is 11.6. The molecular formula is C32H52N2O2P+. The highest BCUT2D eigenvalue weighted by Crippen LogP contribution is 2.70. The summed E-state index contributed by atoms with van der Waals surface area (Å²) in [5.74, 6) is 0. The standard InChI is InChI=1S/C20H42N2O2P.C12H10/c1-17(2)13-11-15(19(5,6)21(17)9)25(23,24)16-12-14-18(3,4)22(10)20(16,7)8;1-3-7-11(8-4-1)12-9-5-2-6-10-12/h15-16,23-24H,11-14H2,1-10H3;1-10H/q+1;. The van der Waals surface area contributed by atoms with Crippen LogP contribution >= 0.6 is 7.72 Å². The highest BCUT2D eigenvalue weighted by molar-refractivity contribution is 7.66. The van der Waals surface area contributed by atoms with Crippen molar-refractivity contribution < 1.29 is 9.79 Å². The van der Waals surface area contributed by atoms with E-state index in [1.807, 2.05) is 12.1 Å². The van der Waals surface area contributed by atoms with E-state index in [4.69, 9.17) is 0 Å². The van der Waals surface area contributed by atoms with E-state index in [9.17, 15) is 9.79 Å². The largest absolute Gasteiger partial charge is 0.292 e. The molecule has 0 radical (unpaired) electrons. The Morgan fingerprint density at radius 2 is 0.892 bits per heavy atom. The highest BCUT2D eigenvalue weighted by Gasteiger charge is 2.66. The number of likely N-dealkylation sites (tertiary alicyclic amines) is 2. The van der Waals surface area contributed by atoms with Crippen LogP contribution in [-0.4, -0.2) is 67.2 Å². The molecule has 0 saturated carbocycles. The maximum atomic E-state index is 11.6. The lowest BCUT2D eigenvalue weighted by atomic mass is 9.79. The van der Waals surface area contributed by atoms with Crippen molar-refractivity contribution in [2.24, 2.45) is 0 Å². The van der Waals surface area contributed by atoms with Crippen molar-refractivity contribution in [2.45, 2.75) is 115 Å². The smallest absolute Gasteiger partial charge is 0.277 e. The molecule has 0 aliphatic carbocycles. The first-order chi connectivity index (χ1) is 17.0. The Morgan fingerprint density at radius 3 is 1.19 bits per heavy atom. The topological polar surface area (TPSA) is 46.9 Å². The monoisotopic (exact) mass is 527 g/mol. The van der Waals surface area contributed by atoms with Crippen LogP contribution in [0.25, 0.3) is 11.1 Å². The predicted molar refractivity (Wildman–Crippen MR) is 161 cm³/mol. The van der Waals surface area contributed by atoms with Gasteiger partial charge in [0.05, 0.1) is 11.1 Å². The van der Waals surface area contributed by atoms with E-state index in [0.717, 1.165) is 25.7 Å². The first-order valence-corrected chi connectivity index (χ1v) is 15.7. The lowest BCUT2D eigenvalue weighted by molar-refractivity contribution is -0.0158. The van der Waals surface area contributed by atoms with Crippen molar-refractivity contribution in [1.29, 1.82) is 0 Å². The van der Waals surface area contributed by atoms with Crippen molar-refractivity contribution in [3.05, 3.63) is 60.7 Å². The second-order valence-electron chi connectivity index (χ2n) is 13.6. The van der Waals surface area contributed by atoms with E-state index >= 15 is 0 Å². The van der Waals surface area contributed by atoms with Gasteiger partial charge in [-0.05, 0) is 106 Å². The van der Waals surface area contributed by atoms with Crippen molar-refractivity contribution in [1.82, 2.24) is 9.80 Å². The molecule has 2 atom stereocenters. The summed E-state index contributed by atoms with van der Waals surface area (Å²) in [6.07, 6.45) is 3.81. The summed E-state index contributed by atoms with van der Waals surface area (Å²) in [6.45, 7) is 17.8.